The van der Waals surface area contributed by atoms with E-state index in [9.17, 15) is 22.0 Å². The predicted octanol–water partition coefficient (Wildman–Crippen LogP) is 3.08. The van der Waals surface area contributed by atoms with Crippen LogP contribution in [0.2, 0.25) is 0 Å². The Morgan fingerprint density at radius 1 is 0.974 bits per heavy atom. The molecule has 3 aliphatic rings. The number of nitrogens with zero attached hydrogens (tertiary/aromatic N) is 4. The molecule has 13 heteroatoms. The largest absolute Gasteiger partial charge is 0.395 e. The molecule has 10 nitrogen and oxygen atoms in total. The van der Waals surface area contributed by atoms with Gasteiger partial charge in [0, 0.05) is 45.1 Å². The Bertz CT molecular complexity index is 1280. The zero-order valence-electron chi connectivity index (χ0n) is 21.0. The first kappa shape index (κ1) is 26.5. The number of halogens is 2. The van der Waals surface area contributed by atoms with E-state index in [1.165, 1.54) is 25.1 Å². The summed E-state index contributed by atoms with van der Waals surface area (Å²) in [6, 6.07) is 6.36. The molecule has 3 fully saturated rings. The molecule has 1 spiro atoms. The van der Waals surface area contributed by atoms with Crippen LogP contribution >= 0.6 is 0 Å². The summed E-state index contributed by atoms with van der Waals surface area (Å²) in [5.74, 6) is -3.10. The first-order valence-electron chi connectivity index (χ1n) is 12.8. The monoisotopic (exact) mass is 550 g/mol. The number of aliphatic hydroxyl groups is 1. The highest BCUT2D eigenvalue weighted by Crippen LogP contribution is 2.54. The lowest BCUT2D eigenvalue weighted by Gasteiger charge is -2.35. The van der Waals surface area contributed by atoms with Gasteiger partial charge in [0.15, 0.2) is 5.82 Å². The molecule has 3 heterocycles. The smallest absolute Gasteiger partial charge is 0.257 e. The number of hydrogen-bond donors (Lipinski definition) is 3. The summed E-state index contributed by atoms with van der Waals surface area (Å²) in [4.78, 5) is 17.2. The number of alkyl halides is 2. The van der Waals surface area contributed by atoms with Gasteiger partial charge >= 0.3 is 0 Å². The minimum atomic E-state index is -3.73. The molecular weight excluding hydrogens is 518 g/mol. The highest BCUT2D eigenvalue weighted by atomic mass is 32.2. The average Bonchev–Trinajstić information content (AvgIpc) is 3.63. The lowest BCUT2D eigenvalue weighted by molar-refractivity contribution is -0.0221. The number of sulfonamides is 1. The van der Waals surface area contributed by atoms with E-state index in [0.717, 1.165) is 25.9 Å². The van der Waals surface area contributed by atoms with E-state index in [4.69, 9.17) is 5.11 Å². The van der Waals surface area contributed by atoms with E-state index in [1.54, 1.807) is 23.1 Å². The van der Waals surface area contributed by atoms with Crippen molar-refractivity contribution in [1.29, 1.82) is 0 Å². The number of benzene rings is 1. The molecule has 1 aliphatic carbocycles. The molecule has 0 atom stereocenters. The van der Waals surface area contributed by atoms with Crippen molar-refractivity contribution in [1.82, 2.24) is 10.2 Å². The Kier molecular flexibility index (Phi) is 7.16. The minimum absolute atomic E-state index is 0.146. The number of amides is 1. The van der Waals surface area contributed by atoms with Crippen LogP contribution in [0.5, 0.6) is 0 Å². The number of hydrogen-bond acceptors (Lipinski definition) is 8. The van der Waals surface area contributed by atoms with E-state index in [1.807, 2.05) is 0 Å². The predicted molar refractivity (Wildman–Crippen MR) is 140 cm³/mol. The summed E-state index contributed by atoms with van der Waals surface area (Å²) in [6.07, 6.45) is 5.35. The number of piperidine rings is 2. The number of rotatable bonds is 8. The third kappa shape index (κ3) is 6.15. The van der Waals surface area contributed by atoms with E-state index in [2.05, 4.69) is 25.1 Å². The van der Waals surface area contributed by atoms with Gasteiger partial charge in [-0.05, 0) is 49.3 Å². The second-order valence-electron chi connectivity index (χ2n) is 10.5. The van der Waals surface area contributed by atoms with Gasteiger partial charge in [0.2, 0.25) is 10.0 Å². The molecule has 2 saturated heterocycles. The van der Waals surface area contributed by atoms with Crippen LogP contribution < -0.4 is 19.8 Å². The molecule has 38 heavy (non-hydrogen) atoms. The van der Waals surface area contributed by atoms with Crippen molar-refractivity contribution in [2.45, 2.75) is 44.4 Å². The summed E-state index contributed by atoms with van der Waals surface area (Å²) in [6.45, 7) is 1.31. The average molecular weight is 551 g/mol. The van der Waals surface area contributed by atoms with Crippen LogP contribution in [0.25, 0.3) is 0 Å². The van der Waals surface area contributed by atoms with E-state index < -0.39 is 34.2 Å². The fourth-order valence-electron chi connectivity index (χ4n) is 5.14. The van der Waals surface area contributed by atoms with Crippen LogP contribution in [0.4, 0.5) is 31.7 Å². The maximum absolute atomic E-state index is 13.6. The van der Waals surface area contributed by atoms with Crippen LogP contribution in [0.15, 0.2) is 30.5 Å². The second kappa shape index (κ2) is 10.3. The number of carbonyl (C=O) groups excluding carboxylic acids is 1. The Labute approximate surface area is 220 Å². The van der Waals surface area contributed by atoms with Crippen LogP contribution in [0.1, 0.15) is 48.9 Å². The zero-order valence-corrected chi connectivity index (χ0v) is 21.8. The first-order valence-corrected chi connectivity index (χ1v) is 14.5. The molecule has 3 N–H and O–H groups in total. The van der Waals surface area contributed by atoms with Gasteiger partial charge in [0.1, 0.15) is 0 Å². The van der Waals surface area contributed by atoms with Crippen molar-refractivity contribution in [2.24, 2.45) is 5.41 Å². The zero-order chi connectivity index (χ0) is 27.0. The van der Waals surface area contributed by atoms with Crippen LogP contribution in [0, 0.1) is 5.41 Å². The molecule has 2 aliphatic heterocycles. The van der Waals surface area contributed by atoms with Crippen molar-refractivity contribution >= 4 is 38.8 Å². The Morgan fingerprint density at radius 2 is 1.66 bits per heavy atom. The van der Waals surface area contributed by atoms with Crippen LogP contribution in [-0.2, 0) is 10.0 Å². The molecule has 1 amide bonds. The fourth-order valence-corrected chi connectivity index (χ4v) is 5.97. The van der Waals surface area contributed by atoms with E-state index >= 15 is 0 Å². The standard InChI is InChI=1S/C25H32F2N6O4S/c26-25(27)7-11-33(12-8-25)22-16-19(17-28-30-22)29-23(35)20-2-1-18(31-38(36,37)14-13-34)15-21(20)32-9-5-24(3-4-24)6-10-32/h1-2,15-17,31,34H,3-14H2,(H,29,30,35). The van der Waals surface area contributed by atoms with Crippen molar-refractivity contribution in [3.63, 3.8) is 0 Å². The van der Waals surface area contributed by atoms with Gasteiger partial charge in [-0.25, -0.2) is 17.2 Å². The molecule has 2 aromatic rings. The van der Waals surface area contributed by atoms with Gasteiger partial charge in [-0.15, -0.1) is 5.10 Å². The van der Waals surface area contributed by atoms with Crippen LogP contribution in [0.3, 0.4) is 0 Å². The molecule has 1 saturated carbocycles. The van der Waals surface area contributed by atoms with Crippen molar-refractivity contribution < 1.29 is 27.1 Å². The van der Waals surface area contributed by atoms with Gasteiger partial charge in [-0.1, -0.05) is 0 Å². The number of carbonyl (C=O) groups is 1. The third-order valence-corrected chi connectivity index (χ3v) is 8.98. The van der Waals surface area contributed by atoms with Crippen LogP contribution in [-0.4, -0.2) is 74.1 Å². The maximum Gasteiger partial charge on any atom is 0.257 e. The Hall–Kier alpha value is -3.06. The summed E-state index contributed by atoms with van der Waals surface area (Å²) in [5.41, 5.74) is 2.09. The number of aromatic nitrogens is 2. The second-order valence-corrected chi connectivity index (χ2v) is 12.3. The lowest BCUT2D eigenvalue weighted by Crippen LogP contribution is -2.39. The molecule has 1 aromatic heterocycles. The van der Waals surface area contributed by atoms with Crippen molar-refractivity contribution in [2.75, 3.05) is 58.4 Å². The summed E-state index contributed by atoms with van der Waals surface area (Å²) < 4.78 is 54.0. The summed E-state index contributed by atoms with van der Waals surface area (Å²) >= 11 is 0. The quantitative estimate of drug-likeness (QED) is 0.458. The molecule has 5 rings (SSSR count). The van der Waals surface area contributed by atoms with Gasteiger partial charge in [0.05, 0.1) is 41.2 Å². The summed E-state index contributed by atoms with van der Waals surface area (Å²) in [5, 5.41) is 19.9. The van der Waals surface area contributed by atoms with Gasteiger partial charge in [0.25, 0.3) is 11.8 Å². The number of nitrogens with one attached hydrogen (secondary N) is 2. The van der Waals surface area contributed by atoms with E-state index in [-0.39, 0.29) is 25.9 Å². The summed E-state index contributed by atoms with van der Waals surface area (Å²) in [7, 11) is -3.73. The maximum atomic E-state index is 13.6. The highest BCUT2D eigenvalue weighted by molar-refractivity contribution is 7.92. The van der Waals surface area contributed by atoms with Gasteiger partial charge < -0.3 is 20.2 Å². The Balaban J connectivity index is 1.36. The first-order chi connectivity index (χ1) is 18.1. The van der Waals surface area contributed by atoms with E-state index in [0.29, 0.717) is 33.9 Å². The third-order valence-electron chi connectivity index (χ3n) is 7.72. The number of anilines is 4. The molecule has 206 valence electrons. The van der Waals surface area contributed by atoms with Gasteiger partial charge in [-0.3, -0.25) is 9.52 Å². The molecule has 0 unspecified atom stereocenters. The fraction of sp³-hybridized carbons (Fsp3) is 0.560. The van der Waals surface area contributed by atoms with Crippen molar-refractivity contribution in [3.05, 3.63) is 36.0 Å². The number of aliphatic hydroxyl groups excluding tert-OH is 1. The molecule has 0 bridgehead atoms. The lowest BCUT2D eigenvalue weighted by atomic mass is 9.93. The van der Waals surface area contributed by atoms with Gasteiger partial charge in [-0.2, -0.15) is 5.10 Å². The molecular formula is C25H32F2N6O4S. The minimum Gasteiger partial charge on any atom is -0.395 e. The highest BCUT2D eigenvalue weighted by Gasteiger charge is 2.44. The SMILES string of the molecule is O=C(Nc1cnnc(N2CCC(F)(F)CC2)c1)c1ccc(NS(=O)(=O)CCO)cc1N1CCC2(CC1)CC2. The normalized spacial score (nSPS) is 20.3. The molecule has 1 aromatic carbocycles. The van der Waals surface area contributed by atoms with Crippen molar-refractivity contribution in [3.8, 4) is 0 Å². The Morgan fingerprint density at radius 3 is 2.32 bits per heavy atom. The topological polar surface area (TPSA) is 128 Å². The molecule has 0 radical (unpaired) electrons.